The number of aryl methyl sites for hydroxylation is 1. The fourth-order valence-electron chi connectivity index (χ4n) is 2.00. The molecule has 3 rings (SSSR count). The lowest BCUT2D eigenvalue weighted by molar-refractivity contribution is 0.0751. The van der Waals surface area contributed by atoms with E-state index in [0.29, 0.717) is 4.88 Å². The van der Waals surface area contributed by atoms with Crippen LogP contribution < -0.4 is 4.90 Å². The Morgan fingerprint density at radius 1 is 1.32 bits per heavy atom. The summed E-state index contributed by atoms with van der Waals surface area (Å²) in [5, 5.41) is 6.80. The minimum absolute atomic E-state index is 0.0324. The molecule has 1 aliphatic heterocycles. The molecule has 0 unspecified atom stereocenters. The molecule has 0 radical (unpaired) electrons. The summed E-state index contributed by atoms with van der Waals surface area (Å²) in [5.41, 5.74) is 1.05. The summed E-state index contributed by atoms with van der Waals surface area (Å²) in [6.07, 6.45) is 1.53. The molecule has 0 atom stereocenters. The molecule has 0 aromatic carbocycles. The van der Waals surface area contributed by atoms with Crippen molar-refractivity contribution in [1.82, 2.24) is 19.5 Å². The summed E-state index contributed by atoms with van der Waals surface area (Å²) in [7, 11) is 0. The van der Waals surface area contributed by atoms with Crippen LogP contribution in [-0.2, 0) is 0 Å². The number of thiazole rings is 1. The molecule has 2 aromatic rings. The van der Waals surface area contributed by atoms with E-state index in [1.165, 1.54) is 6.20 Å². The quantitative estimate of drug-likeness (QED) is 0.835. The zero-order valence-corrected chi connectivity index (χ0v) is 12.1. The van der Waals surface area contributed by atoms with Gasteiger partial charge >= 0.3 is 0 Å². The number of hydrogen-bond donors (Lipinski definition) is 0. The standard InChI is InChI=1S/C11H13N5OS2/c1-8-7-18-11(13-8)16-4-2-15(3-5-16)10(17)9-6-12-14-19-9/h6-7H,2-5H2,1H3. The van der Waals surface area contributed by atoms with Crippen LogP contribution in [0.15, 0.2) is 11.6 Å². The summed E-state index contributed by atoms with van der Waals surface area (Å²) < 4.78 is 3.73. The van der Waals surface area contributed by atoms with Crippen molar-refractivity contribution in [3.8, 4) is 0 Å². The van der Waals surface area contributed by atoms with Gasteiger partial charge in [0.15, 0.2) is 5.13 Å². The highest BCUT2D eigenvalue weighted by Gasteiger charge is 2.24. The van der Waals surface area contributed by atoms with Crippen molar-refractivity contribution in [2.75, 3.05) is 31.1 Å². The maximum absolute atomic E-state index is 12.1. The minimum Gasteiger partial charge on any atom is -0.345 e. The van der Waals surface area contributed by atoms with E-state index >= 15 is 0 Å². The van der Waals surface area contributed by atoms with Crippen molar-refractivity contribution in [3.05, 3.63) is 22.1 Å². The molecule has 0 bridgehead atoms. The van der Waals surface area contributed by atoms with Crippen molar-refractivity contribution in [2.45, 2.75) is 6.92 Å². The van der Waals surface area contributed by atoms with Crippen molar-refractivity contribution in [2.24, 2.45) is 0 Å². The van der Waals surface area contributed by atoms with E-state index in [-0.39, 0.29) is 5.91 Å². The van der Waals surface area contributed by atoms with E-state index < -0.39 is 0 Å². The molecule has 0 N–H and O–H groups in total. The molecule has 6 nitrogen and oxygen atoms in total. The van der Waals surface area contributed by atoms with Gasteiger partial charge < -0.3 is 9.80 Å². The maximum atomic E-state index is 12.1. The number of aromatic nitrogens is 3. The van der Waals surface area contributed by atoms with Crippen molar-refractivity contribution < 1.29 is 4.79 Å². The highest BCUT2D eigenvalue weighted by atomic mass is 32.1. The van der Waals surface area contributed by atoms with Gasteiger partial charge in [0.2, 0.25) is 0 Å². The SMILES string of the molecule is Cc1csc(N2CCN(C(=O)c3cnns3)CC2)n1. The van der Waals surface area contributed by atoms with Gasteiger partial charge in [0.25, 0.3) is 5.91 Å². The topological polar surface area (TPSA) is 62.2 Å². The molecule has 8 heteroatoms. The van der Waals surface area contributed by atoms with Crippen molar-refractivity contribution in [3.63, 3.8) is 0 Å². The van der Waals surface area contributed by atoms with E-state index in [2.05, 4.69) is 24.9 Å². The Hall–Kier alpha value is -1.54. The number of anilines is 1. The maximum Gasteiger partial charge on any atom is 0.267 e. The summed E-state index contributed by atoms with van der Waals surface area (Å²) in [4.78, 5) is 21.3. The van der Waals surface area contributed by atoms with Gasteiger partial charge in [-0.05, 0) is 18.5 Å². The number of carbonyl (C=O) groups excluding carboxylic acids is 1. The Balaban J connectivity index is 1.62. The van der Waals surface area contributed by atoms with Crippen LogP contribution in [0.2, 0.25) is 0 Å². The summed E-state index contributed by atoms with van der Waals surface area (Å²) in [6.45, 7) is 5.08. The molecule has 1 aliphatic rings. The van der Waals surface area contributed by atoms with Gasteiger partial charge in [-0.1, -0.05) is 4.49 Å². The first kappa shape index (κ1) is 12.5. The average Bonchev–Trinajstić information content (AvgIpc) is 3.09. The monoisotopic (exact) mass is 295 g/mol. The smallest absolute Gasteiger partial charge is 0.267 e. The molecule has 1 saturated heterocycles. The molecule has 1 amide bonds. The largest absolute Gasteiger partial charge is 0.345 e. The number of amides is 1. The zero-order valence-electron chi connectivity index (χ0n) is 10.4. The lowest BCUT2D eigenvalue weighted by atomic mass is 10.3. The van der Waals surface area contributed by atoms with E-state index in [4.69, 9.17) is 0 Å². The highest BCUT2D eigenvalue weighted by Crippen LogP contribution is 2.22. The van der Waals surface area contributed by atoms with Crippen LogP contribution in [0, 0.1) is 6.92 Å². The Morgan fingerprint density at radius 3 is 2.68 bits per heavy atom. The van der Waals surface area contributed by atoms with Crippen LogP contribution in [-0.4, -0.2) is 51.6 Å². The van der Waals surface area contributed by atoms with Crippen LogP contribution in [0.3, 0.4) is 0 Å². The predicted octanol–water partition coefficient (Wildman–Crippen LogP) is 1.27. The lowest BCUT2D eigenvalue weighted by Gasteiger charge is -2.34. The van der Waals surface area contributed by atoms with Crippen LogP contribution in [0.1, 0.15) is 15.4 Å². The predicted molar refractivity (Wildman–Crippen MR) is 74.9 cm³/mol. The van der Waals surface area contributed by atoms with Gasteiger partial charge in [-0.3, -0.25) is 4.79 Å². The molecular formula is C11H13N5OS2. The number of carbonyl (C=O) groups is 1. The van der Waals surface area contributed by atoms with Crippen molar-refractivity contribution >= 4 is 33.9 Å². The second-order valence-corrected chi connectivity index (χ2v) is 5.95. The van der Waals surface area contributed by atoms with E-state index in [1.54, 1.807) is 11.3 Å². The molecular weight excluding hydrogens is 282 g/mol. The average molecular weight is 295 g/mol. The van der Waals surface area contributed by atoms with Gasteiger partial charge in [0, 0.05) is 31.6 Å². The molecule has 3 heterocycles. The lowest BCUT2D eigenvalue weighted by Crippen LogP contribution is -2.48. The molecule has 0 spiro atoms. The first-order chi connectivity index (χ1) is 9.24. The third-order valence-corrected chi connectivity index (χ3v) is 4.69. The fraction of sp³-hybridized carbons (Fsp3) is 0.455. The third kappa shape index (κ3) is 2.59. The first-order valence-electron chi connectivity index (χ1n) is 5.98. The Morgan fingerprint density at radius 2 is 2.11 bits per heavy atom. The summed E-state index contributed by atoms with van der Waals surface area (Å²) in [6, 6.07) is 0. The second kappa shape index (κ2) is 5.22. The van der Waals surface area contributed by atoms with Gasteiger partial charge in [0.1, 0.15) is 4.88 Å². The number of nitrogens with zero attached hydrogens (tertiary/aromatic N) is 5. The minimum atomic E-state index is 0.0324. The molecule has 100 valence electrons. The van der Waals surface area contributed by atoms with E-state index in [9.17, 15) is 4.79 Å². The van der Waals surface area contributed by atoms with Gasteiger partial charge in [0.05, 0.1) is 11.9 Å². The second-order valence-electron chi connectivity index (χ2n) is 4.33. The summed E-state index contributed by atoms with van der Waals surface area (Å²) >= 11 is 2.81. The van der Waals surface area contributed by atoms with Gasteiger partial charge in [-0.15, -0.1) is 16.4 Å². The van der Waals surface area contributed by atoms with Crippen LogP contribution in [0.5, 0.6) is 0 Å². The molecule has 2 aromatic heterocycles. The Labute approximate surface area is 118 Å². The Kier molecular flexibility index (Phi) is 3.43. The normalized spacial score (nSPS) is 15.8. The number of rotatable bonds is 2. The van der Waals surface area contributed by atoms with Crippen LogP contribution in [0.4, 0.5) is 5.13 Å². The highest BCUT2D eigenvalue weighted by molar-refractivity contribution is 7.13. The van der Waals surface area contributed by atoms with E-state index in [0.717, 1.165) is 48.5 Å². The van der Waals surface area contributed by atoms with Gasteiger partial charge in [-0.2, -0.15) is 0 Å². The van der Waals surface area contributed by atoms with Crippen molar-refractivity contribution in [1.29, 1.82) is 0 Å². The molecule has 1 fully saturated rings. The number of hydrogen-bond acceptors (Lipinski definition) is 7. The van der Waals surface area contributed by atoms with E-state index in [1.807, 2.05) is 11.8 Å². The zero-order chi connectivity index (χ0) is 13.2. The van der Waals surface area contributed by atoms with Crippen LogP contribution >= 0.6 is 22.9 Å². The molecule has 0 saturated carbocycles. The Bertz CT molecular complexity index is 559. The summed E-state index contributed by atoms with van der Waals surface area (Å²) in [5.74, 6) is 0.0324. The van der Waals surface area contributed by atoms with Crippen LogP contribution in [0.25, 0.3) is 0 Å². The number of piperazine rings is 1. The fourth-order valence-corrected chi connectivity index (χ4v) is 3.35. The molecule has 19 heavy (non-hydrogen) atoms. The first-order valence-corrected chi connectivity index (χ1v) is 7.63. The van der Waals surface area contributed by atoms with Gasteiger partial charge in [-0.25, -0.2) is 4.98 Å². The third-order valence-electron chi connectivity index (χ3n) is 3.02. The molecule has 0 aliphatic carbocycles.